The maximum Gasteiger partial charge on any atom is 0.343 e. The van der Waals surface area contributed by atoms with Crippen LogP contribution in [0.2, 0.25) is 0 Å². The van der Waals surface area contributed by atoms with E-state index >= 15 is 0 Å². The highest BCUT2D eigenvalue weighted by molar-refractivity contribution is 5.85. The third-order valence-electron chi connectivity index (χ3n) is 4.42. The van der Waals surface area contributed by atoms with Crippen LogP contribution >= 0.6 is 0 Å². The van der Waals surface area contributed by atoms with Crippen LogP contribution in [-0.2, 0) is 7.05 Å². The molecule has 3 aromatic rings. The zero-order chi connectivity index (χ0) is 17.9. The van der Waals surface area contributed by atoms with Gasteiger partial charge in [-0.25, -0.2) is 9.36 Å². The van der Waals surface area contributed by atoms with Gasteiger partial charge in [0, 0.05) is 35.6 Å². The fourth-order valence-electron chi connectivity index (χ4n) is 2.97. The van der Waals surface area contributed by atoms with Crippen LogP contribution in [-0.4, -0.2) is 0 Å². The number of aromatic nitrogens is 1. The van der Waals surface area contributed by atoms with E-state index in [1.807, 2.05) is 60.3 Å². The Morgan fingerprint density at radius 2 is 2.12 bits per heavy atom. The molecule has 2 aromatic heterocycles. The van der Waals surface area contributed by atoms with E-state index in [1.54, 1.807) is 6.08 Å². The van der Waals surface area contributed by atoms with E-state index in [9.17, 15) is 4.79 Å². The average Bonchev–Trinajstić information content (AvgIpc) is 2.61. The number of hydrogen-bond donors (Lipinski definition) is 0. The molecule has 0 saturated carbocycles. The molecule has 0 atom stereocenters. The SMILES string of the molecule is C[n+]1ccccc1/C=C/c1cc2cc3c(cc2oc1=O)C#CCCC=C3. The first-order valence-electron chi connectivity index (χ1n) is 8.61. The highest BCUT2D eigenvalue weighted by Gasteiger charge is 2.08. The Labute approximate surface area is 151 Å². The van der Waals surface area contributed by atoms with Gasteiger partial charge in [0.1, 0.15) is 12.6 Å². The zero-order valence-corrected chi connectivity index (χ0v) is 14.5. The molecule has 0 unspecified atom stereocenters. The summed E-state index contributed by atoms with van der Waals surface area (Å²) < 4.78 is 7.54. The molecule has 0 fully saturated rings. The van der Waals surface area contributed by atoms with Crippen molar-refractivity contribution in [2.75, 3.05) is 0 Å². The van der Waals surface area contributed by atoms with Crippen LogP contribution in [0, 0.1) is 11.8 Å². The third-order valence-corrected chi connectivity index (χ3v) is 4.42. The first-order valence-corrected chi connectivity index (χ1v) is 8.61. The van der Waals surface area contributed by atoms with Crippen molar-refractivity contribution in [3.63, 3.8) is 0 Å². The van der Waals surface area contributed by atoms with E-state index in [1.165, 1.54) is 0 Å². The Morgan fingerprint density at radius 3 is 3.00 bits per heavy atom. The van der Waals surface area contributed by atoms with Gasteiger partial charge in [-0.1, -0.05) is 24.0 Å². The number of nitrogens with zero attached hydrogens (tertiary/aromatic N) is 1. The normalized spacial score (nSPS) is 13.1. The van der Waals surface area contributed by atoms with Gasteiger partial charge < -0.3 is 4.42 Å². The van der Waals surface area contributed by atoms with E-state index in [0.29, 0.717) is 11.1 Å². The standard InChI is InChI=1S/C23H18NO2/c1-24-13-7-6-10-21(24)12-11-19-15-20-14-17-8-4-2-3-5-9-18(17)16-22(20)26-23(19)25/h4,6-8,10-16H,2-3H2,1H3/q+1/b8-4?,12-11+. The van der Waals surface area contributed by atoms with Crippen LogP contribution < -0.4 is 10.2 Å². The molecule has 1 aliphatic rings. The largest absolute Gasteiger partial charge is 0.422 e. The van der Waals surface area contributed by atoms with Crippen molar-refractivity contribution in [2.24, 2.45) is 7.05 Å². The maximum absolute atomic E-state index is 12.4. The number of rotatable bonds is 2. The molecule has 4 rings (SSSR count). The van der Waals surface area contributed by atoms with Crippen molar-refractivity contribution in [3.05, 3.63) is 81.5 Å². The molecule has 1 aliphatic carbocycles. The zero-order valence-electron chi connectivity index (χ0n) is 14.5. The summed E-state index contributed by atoms with van der Waals surface area (Å²) in [5.41, 5.74) is 3.71. The first-order chi connectivity index (χ1) is 12.7. The number of aryl methyl sites for hydroxylation is 1. The predicted octanol–water partition coefficient (Wildman–Crippen LogP) is 3.95. The van der Waals surface area contributed by atoms with Gasteiger partial charge >= 0.3 is 5.63 Å². The van der Waals surface area contributed by atoms with Gasteiger partial charge in [-0.3, -0.25) is 0 Å². The molecule has 0 saturated heterocycles. The molecule has 0 N–H and O–H groups in total. The van der Waals surface area contributed by atoms with Crippen LogP contribution in [0.4, 0.5) is 0 Å². The Bertz CT molecular complexity index is 1170. The fourth-order valence-corrected chi connectivity index (χ4v) is 2.97. The summed E-state index contributed by atoms with van der Waals surface area (Å²) in [5, 5.41) is 0.896. The summed E-state index contributed by atoms with van der Waals surface area (Å²) >= 11 is 0. The number of allylic oxidation sites excluding steroid dienone is 1. The van der Waals surface area contributed by atoms with Crippen LogP contribution in [0.25, 0.3) is 29.2 Å². The van der Waals surface area contributed by atoms with Crippen LogP contribution in [0.15, 0.2) is 57.9 Å². The molecule has 3 nitrogen and oxygen atoms in total. The number of hydrogen-bond acceptors (Lipinski definition) is 2. The van der Waals surface area contributed by atoms with Crippen molar-refractivity contribution in [3.8, 4) is 11.8 Å². The quantitative estimate of drug-likeness (QED) is 0.402. The molecular weight excluding hydrogens is 322 g/mol. The van der Waals surface area contributed by atoms with Gasteiger partial charge in [-0.05, 0) is 42.3 Å². The smallest absolute Gasteiger partial charge is 0.343 e. The fraction of sp³-hybridized carbons (Fsp3) is 0.130. The van der Waals surface area contributed by atoms with Crippen molar-refractivity contribution < 1.29 is 8.98 Å². The lowest BCUT2D eigenvalue weighted by Crippen LogP contribution is -2.30. The molecule has 126 valence electrons. The lowest BCUT2D eigenvalue weighted by atomic mass is 10.0. The molecule has 0 radical (unpaired) electrons. The van der Waals surface area contributed by atoms with E-state index in [4.69, 9.17) is 4.42 Å². The van der Waals surface area contributed by atoms with Crippen LogP contribution in [0.3, 0.4) is 0 Å². The monoisotopic (exact) mass is 340 g/mol. The summed E-state index contributed by atoms with van der Waals surface area (Å²) in [5.74, 6) is 6.31. The van der Waals surface area contributed by atoms with Gasteiger partial charge in [-0.2, -0.15) is 0 Å². The first kappa shape index (κ1) is 16.1. The highest BCUT2D eigenvalue weighted by atomic mass is 16.4. The predicted molar refractivity (Wildman–Crippen MR) is 104 cm³/mol. The molecule has 0 aliphatic heterocycles. The van der Waals surface area contributed by atoms with Crippen molar-refractivity contribution in [1.29, 1.82) is 0 Å². The minimum Gasteiger partial charge on any atom is -0.422 e. The van der Waals surface area contributed by atoms with Crippen LogP contribution in [0.1, 0.15) is 35.2 Å². The molecule has 0 amide bonds. The maximum atomic E-state index is 12.4. The summed E-state index contributed by atoms with van der Waals surface area (Å²) in [6, 6.07) is 11.7. The van der Waals surface area contributed by atoms with E-state index in [0.717, 1.165) is 35.0 Å². The van der Waals surface area contributed by atoms with Crippen molar-refractivity contribution >= 4 is 29.2 Å². The van der Waals surface area contributed by atoms with E-state index < -0.39 is 0 Å². The Kier molecular flexibility index (Phi) is 4.25. The van der Waals surface area contributed by atoms with E-state index in [-0.39, 0.29) is 5.63 Å². The number of benzene rings is 1. The highest BCUT2D eigenvalue weighted by Crippen LogP contribution is 2.22. The summed E-state index contributed by atoms with van der Waals surface area (Å²) in [7, 11) is 1.97. The Morgan fingerprint density at radius 1 is 1.19 bits per heavy atom. The van der Waals surface area contributed by atoms with Crippen molar-refractivity contribution in [2.45, 2.75) is 12.8 Å². The van der Waals surface area contributed by atoms with Gasteiger partial charge in [0.25, 0.3) is 0 Å². The second-order valence-corrected chi connectivity index (χ2v) is 6.28. The molecule has 2 heterocycles. The molecule has 3 heteroatoms. The molecule has 0 spiro atoms. The summed E-state index contributed by atoms with van der Waals surface area (Å²) in [6.07, 6.45) is 11.7. The second kappa shape index (κ2) is 6.85. The Balaban J connectivity index is 1.80. The lowest BCUT2D eigenvalue weighted by Gasteiger charge is -2.05. The summed E-state index contributed by atoms with van der Waals surface area (Å²) in [6.45, 7) is 0. The number of fused-ring (bicyclic) bond motifs is 2. The van der Waals surface area contributed by atoms with Crippen LogP contribution in [0.5, 0.6) is 0 Å². The van der Waals surface area contributed by atoms with E-state index in [2.05, 4.69) is 24.0 Å². The lowest BCUT2D eigenvalue weighted by molar-refractivity contribution is -0.673. The Hall–Kier alpha value is -3.38. The topological polar surface area (TPSA) is 34.1 Å². The summed E-state index contributed by atoms with van der Waals surface area (Å²) in [4.78, 5) is 12.4. The van der Waals surface area contributed by atoms with Gasteiger partial charge in [-0.15, -0.1) is 0 Å². The third kappa shape index (κ3) is 3.22. The van der Waals surface area contributed by atoms with Gasteiger partial charge in [0.15, 0.2) is 6.20 Å². The average molecular weight is 340 g/mol. The van der Waals surface area contributed by atoms with Gasteiger partial charge in [0.05, 0.1) is 5.56 Å². The van der Waals surface area contributed by atoms with Crippen molar-refractivity contribution in [1.82, 2.24) is 0 Å². The molecule has 0 bridgehead atoms. The molecule has 26 heavy (non-hydrogen) atoms. The van der Waals surface area contributed by atoms with Gasteiger partial charge in [0.2, 0.25) is 5.69 Å². The number of pyridine rings is 1. The second-order valence-electron chi connectivity index (χ2n) is 6.28. The molecule has 1 aromatic carbocycles. The minimum atomic E-state index is -0.346. The minimum absolute atomic E-state index is 0.346. The molecular formula is C23H18NO2+.